The van der Waals surface area contributed by atoms with Gasteiger partial charge >= 0.3 is 5.97 Å². The maximum Gasteiger partial charge on any atom is 0.311 e. The van der Waals surface area contributed by atoms with Gasteiger partial charge in [-0.1, -0.05) is 24.3 Å². The minimum absolute atomic E-state index is 0.0831. The highest BCUT2D eigenvalue weighted by molar-refractivity contribution is 5.76. The summed E-state index contributed by atoms with van der Waals surface area (Å²) in [5, 5.41) is 9.66. The third-order valence-corrected chi connectivity index (χ3v) is 3.83. The number of carboxylic acids is 1. The lowest BCUT2D eigenvalue weighted by Crippen LogP contribution is -2.15. The average molecular weight is 328 g/mol. The first-order valence-electron chi connectivity index (χ1n) is 8.03. The number of aryl methyl sites for hydroxylation is 1. The van der Waals surface area contributed by atoms with E-state index >= 15 is 0 Å². The molecule has 1 N–H and O–H groups in total. The molecule has 0 saturated heterocycles. The zero-order valence-electron chi connectivity index (χ0n) is 14.6. The molecule has 0 aromatic heterocycles. The van der Waals surface area contributed by atoms with Gasteiger partial charge in [0.05, 0.1) is 19.1 Å². The molecule has 0 fully saturated rings. The van der Waals surface area contributed by atoms with Gasteiger partial charge in [-0.15, -0.1) is 0 Å². The van der Waals surface area contributed by atoms with Gasteiger partial charge in [-0.05, 0) is 62.1 Å². The molecule has 2 aromatic carbocycles. The van der Waals surface area contributed by atoms with Crippen LogP contribution < -0.4 is 9.47 Å². The van der Waals surface area contributed by atoms with E-state index in [2.05, 4.69) is 0 Å². The van der Waals surface area contributed by atoms with Gasteiger partial charge in [-0.25, -0.2) is 0 Å². The Kier molecular flexibility index (Phi) is 5.85. The fraction of sp³-hybridized carbons (Fsp3) is 0.350. The number of ether oxygens (including phenoxy) is 2. The SMILES string of the molecule is COc1ccc(C(Cc2cccc(OC(C)C)c2)C(=O)O)cc1C. The molecule has 0 aliphatic heterocycles. The van der Waals surface area contributed by atoms with Gasteiger partial charge in [-0.3, -0.25) is 4.79 Å². The molecule has 0 amide bonds. The molecule has 24 heavy (non-hydrogen) atoms. The van der Waals surface area contributed by atoms with Crippen molar-refractivity contribution in [3.8, 4) is 11.5 Å². The van der Waals surface area contributed by atoms with Crippen molar-refractivity contribution in [3.63, 3.8) is 0 Å². The monoisotopic (exact) mass is 328 g/mol. The molecule has 0 spiro atoms. The fourth-order valence-corrected chi connectivity index (χ4v) is 2.72. The van der Waals surface area contributed by atoms with E-state index in [4.69, 9.17) is 9.47 Å². The molecule has 0 bridgehead atoms. The third kappa shape index (κ3) is 4.51. The topological polar surface area (TPSA) is 55.8 Å². The quantitative estimate of drug-likeness (QED) is 0.827. The Labute approximate surface area is 143 Å². The molecular weight excluding hydrogens is 304 g/mol. The number of carboxylic acid groups (broad SMARTS) is 1. The minimum Gasteiger partial charge on any atom is -0.496 e. The number of benzene rings is 2. The summed E-state index contributed by atoms with van der Waals surface area (Å²) in [7, 11) is 1.61. The fourth-order valence-electron chi connectivity index (χ4n) is 2.72. The van der Waals surface area contributed by atoms with Crippen LogP contribution in [-0.4, -0.2) is 24.3 Å². The number of rotatable bonds is 7. The van der Waals surface area contributed by atoms with Crippen molar-refractivity contribution in [2.24, 2.45) is 0 Å². The van der Waals surface area contributed by atoms with Crippen LogP contribution in [-0.2, 0) is 11.2 Å². The highest BCUT2D eigenvalue weighted by Crippen LogP contribution is 2.27. The summed E-state index contributed by atoms with van der Waals surface area (Å²) in [6.07, 6.45) is 0.496. The lowest BCUT2D eigenvalue weighted by molar-refractivity contribution is -0.138. The van der Waals surface area contributed by atoms with Crippen LogP contribution in [0.25, 0.3) is 0 Å². The predicted octanol–water partition coefficient (Wildman–Crippen LogP) is 4.20. The molecule has 0 aliphatic rings. The van der Waals surface area contributed by atoms with Crippen molar-refractivity contribution in [2.75, 3.05) is 7.11 Å². The van der Waals surface area contributed by atoms with Gasteiger partial charge in [0.2, 0.25) is 0 Å². The summed E-state index contributed by atoms with van der Waals surface area (Å²) in [6, 6.07) is 13.1. The molecule has 4 heteroatoms. The summed E-state index contributed by atoms with van der Waals surface area (Å²) >= 11 is 0. The maximum absolute atomic E-state index is 11.8. The van der Waals surface area contributed by atoms with Crippen molar-refractivity contribution in [1.29, 1.82) is 0 Å². The Morgan fingerprint density at radius 2 is 1.92 bits per heavy atom. The number of hydrogen-bond donors (Lipinski definition) is 1. The van der Waals surface area contributed by atoms with E-state index in [1.54, 1.807) is 7.11 Å². The Morgan fingerprint density at radius 1 is 1.17 bits per heavy atom. The van der Waals surface area contributed by atoms with Crippen molar-refractivity contribution in [1.82, 2.24) is 0 Å². The molecule has 128 valence electrons. The van der Waals surface area contributed by atoms with Crippen molar-refractivity contribution in [2.45, 2.75) is 39.2 Å². The van der Waals surface area contributed by atoms with Crippen LogP contribution in [0.15, 0.2) is 42.5 Å². The van der Waals surface area contributed by atoms with E-state index in [1.807, 2.05) is 63.2 Å². The smallest absolute Gasteiger partial charge is 0.311 e. The van der Waals surface area contributed by atoms with Crippen molar-refractivity contribution in [3.05, 3.63) is 59.2 Å². The van der Waals surface area contributed by atoms with Crippen LogP contribution in [0.1, 0.15) is 36.5 Å². The Balaban J connectivity index is 2.26. The van der Waals surface area contributed by atoms with Crippen molar-refractivity contribution >= 4 is 5.97 Å². The van der Waals surface area contributed by atoms with Crippen molar-refractivity contribution < 1.29 is 19.4 Å². The lowest BCUT2D eigenvalue weighted by atomic mass is 9.91. The summed E-state index contributed by atoms with van der Waals surface area (Å²) in [5.74, 6) is 0.0754. The summed E-state index contributed by atoms with van der Waals surface area (Å²) in [4.78, 5) is 11.8. The number of aliphatic carboxylic acids is 1. The van der Waals surface area contributed by atoms with Gasteiger partial charge in [-0.2, -0.15) is 0 Å². The van der Waals surface area contributed by atoms with E-state index in [1.165, 1.54) is 0 Å². The average Bonchev–Trinajstić information content (AvgIpc) is 2.52. The molecular formula is C20H24O4. The largest absolute Gasteiger partial charge is 0.496 e. The van der Waals surface area contributed by atoms with Crippen LogP contribution in [0.3, 0.4) is 0 Å². The zero-order valence-corrected chi connectivity index (χ0v) is 14.6. The molecule has 0 aliphatic carbocycles. The van der Waals surface area contributed by atoms with Crippen LogP contribution in [0.2, 0.25) is 0 Å². The number of methoxy groups -OCH3 is 1. The standard InChI is InChI=1S/C20H24O4/c1-13(2)24-17-7-5-6-15(11-17)12-18(20(21)22)16-8-9-19(23-4)14(3)10-16/h5-11,13,18H,12H2,1-4H3,(H,21,22). The Hall–Kier alpha value is -2.49. The van der Waals surface area contributed by atoms with Crippen LogP contribution in [0.5, 0.6) is 11.5 Å². The summed E-state index contributed by atoms with van der Waals surface area (Å²) in [6.45, 7) is 5.85. The molecule has 0 radical (unpaired) electrons. The maximum atomic E-state index is 11.8. The second kappa shape index (κ2) is 7.86. The highest BCUT2D eigenvalue weighted by atomic mass is 16.5. The van der Waals surface area contributed by atoms with E-state index in [9.17, 15) is 9.90 Å². The number of carbonyl (C=O) groups is 1. The Bertz CT molecular complexity index is 707. The molecule has 2 aromatic rings. The normalized spacial score (nSPS) is 12.0. The minimum atomic E-state index is -0.838. The molecule has 0 heterocycles. The second-order valence-corrected chi connectivity index (χ2v) is 6.14. The van der Waals surface area contributed by atoms with Crippen LogP contribution in [0.4, 0.5) is 0 Å². The molecule has 0 saturated carbocycles. The summed E-state index contributed by atoms with van der Waals surface area (Å²) in [5.41, 5.74) is 2.64. The lowest BCUT2D eigenvalue weighted by Gasteiger charge is -2.16. The van der Waals surface area contributed by atoms with E-state index in [0.29, 0.717) is 6.42 Å². The molecule has 4 nitrogen and oxygen atoms in total. The van der Waals surface area contributed by atoms with Gasteiger partial charge < -0.3 is 14.6 Å². The first kappa shape index (κ1) is 17.9. The molecule has 1 unspecified atom stereocenters. The van der Waals surface area contributed by atoms with Gasteiger partial charge in [0.1, 0.15) is 11.5 Å². The number of hydrogen-bond acceptors (Lipinski definition) is 3. The first-order chi connectivity index (χ1) is 11.4. The van der Waals surface area contributed by atoms with Gasteiger partial charge in [0.25, 0.3) is 0 Å². The summed E-state index contributed by atoms with van der Waals surface area (Å²) < 4.78 is 10.9. The molecule has 1 atom stereocenters. The third-order valence-electron chi connectivity index (χ3n) is 3.83. The molecule has 2 rings (SSSR count). The second-order valence-electron chi connectivity index (χ2n) is 6.14. The first-order valence-corrected chi connectivity index (χ1v) is 8.03. The zero-order chi connectivity index (χ0) is 17.7. The van der Waals surface area contributed by atoms with E-state index in [-0.39, 0.29) is 6.10 Å². The van der Waals surface area contributed by atoms with E-state index in [0.717, 1.165) is 28.2 Å². The predicted molar refractivity (Wildman–Crippen MR) is 94.0 cm³/mol. The van der Waals surface area contributed by atoms with Crippen LogP contribution in [0, 0.1) is 6.92 Å². The van der Waals surface area contributed by atoms with E-state index < -0.39 is 11.9 Å². The van der Waals surface area contributed by atoms with Crippen LogP contribution >= 0.6 is 0 Å². The van der Waals surface area contributed by atoms with Gasteiger partial charge in [0.15, 0.2) is 0 Å². The highest BCUT2D eigenvalue weighted by Gasteiger charge is 2.21. The van der Waals surface area contributed by atoms with Gasteiger partial charge in [0, 0.05) is 0 Å². The Morgan fingerprint density at radius 3 is 2.50 bits per heavy atom.